The number of nitrogens with one attached hydrogen (secondary N) is 1. The molecule has 1 aromatic carbocycles. The molecular formula is C16H23F2NO. The summed E-state index contributed by atoms with van der Waals surface area (Å²) in [5.74, 6) is -0.540. The van der Waals surface area contributed by atoms with Crippen molar-refractivity contribution in [2.24, 2.45) is 5.92 Å². The Bertz CT molecular complexity index is 438. The van der Waals surface area contributed by atoms with Crippen LogP contribution in [0.4, 0.5) is 8.78 Å². The highest BCUT2D eigenvalue weighted by molar-refractivity contribution is 5.23. The van der Waals surface area contributed by atoms with Crippen LogP contribution < -0.4 is 5.32 Å². The third kappa shape index (κ3) is 3.36. The number of halogens is 2. The average Bonchev–Trinajstić information content (AvgIpc) is 2.91. The topological polar surface area (TPSA) is 21.3 Å². The molecular weight excluding hydrogens is 260 g/mol. The van der Waals surface area contributed by atoms with Gasteiger partial charge in [-0.1, -0.05) is 13.8 Å². The van der Waals surface area contributed by atoms with Gasteiger partial charge in [-0.2, -0.15) is 0 Å². The fourth-order valence-electron chi connectivity index (χ4n) is 3.01. The third-order valence-electron chi connectivity index (χ3n) is 4.00. The SMILES string of the molecule is CCCNC(c1cc(F)ccc1F)C1CCOC1CC. The van der Waals surface area contributed by atoms with Crippen molar-refractivity contribution in [1.29, 1.82) is 0 Å². The standard InChI is InChI=1S/C16H23F2NO/c1-3-8-19-16(12-7-9-20-15(12)4-2)13-10-11(17)5-6-14(13)18/h5-6,10,12,15-16,19H,3-4,7-9H2,1-2H3. The molecule has 1 aliphatic rings. The van der Waals surface area contributed by atoms with E-state index >= 15 is 0 Å². The van der Waals surface area contributed by atoms with E-state index in [1.165, 1.54) is 12.1 Å². The number of hydrogen-bond acceptors (Lipinski definition) is 2. The van der Waals surface area contributed by atoms with Gasteiger partial charge in [0.05, 0.1) is 6.10 Å². The number of benzene rings is 1. The van der Waals surface area contributed by atoms with E-state index in [0.717, 1.165) is 31.9 Å². The largest absolute Gasteiger partial charge is 0.378 e. The van der Waals surface area contributed by atoms with Crippen molar-refractivity contribution in [2.75, 3.05) is 13.2 Å². The highest BCUT2D eigenvalue weighted by Gasteiger charge is 2.35. The lowest BCUT2D eigenvalue weighted by Gasteiger charge is -2.29. The Kier molecular flexibility index (Phi) is 5.49. The summed E-state index contributed by atoms with van der Waals surface area (Å²) < 4.78 is 33.3. The molecule has 4 heteroatoms. The molecule has 0 aliphatic carbocycles. The molecule has 112 valence electrons. The second-order valence-corrected chi connectivity index (χ2v) is 5.37. The minimum atomic E-state index is -0.392. The van der Waals surface area contributed by atoms with Gasteiger partial charge in [0, 0.05) is 24.1 Å². The van der Waals surface area contributed by atoms with Crippen molar-refractivity contribution >= 4 is 0 Å². The van der Waals surface area contributed by atoms with Gasteiger partial charge >= 0.3 is 0 Å². The smallest absolute Gasteiger partial charge is 0.128 e. The van der Waals surface area contributed by atoms with Crippen molar-refractivity contribution in [3.63, 3.8) is 0 Å². The summed E-state index contributed by atoms with van der Waals surface area (Å²) >= 11 is 0. The molecule has 2 nitrogen and oxygen atoms in total. The molecule has 0 spiro atoms. The Morgan fingerprint density at radius 3 is 2.85 bits per heavy atom. The Labute approximate surface area is 119 Å². The lowest BCUT2D eigenvalue weighted by Crippen LogP contribution is -2.34. The summed E-state index contributed by atoms with van der Waals surface area (Å²) in [4.78, 5) is 0. The molecule has 1 fully saturated rings. The normalized spacial score (nSPS) is 24.0. The monoisotopic (exact) mass is 283 g/mol. The first-order valence-electron chi connectivity index (χ1n) is 7.47. The van der Waals surface area contributed by atoms with Gasteiger partial charge in [0.2, 0.25) is 0 Å². The lowest BCUT2D eigenvalue weighted by atomic mass is 9.86. The molecule has 1 heterocycles. The van der Waals surface area contributed by atoms with Crippen molar-refractivity contribution < 1.29 is 13.5 Å². The molecule has 20 heavy (non-hydrogen) atoms. The zero-order chi connectivity index (χ0) is 14.5. The zero-order valence-corrected chi connectivity index (χ0v) is 12.2. The minimum Gasteiger partial charge on any atom is -0.378 e. The van der Waals surface area contributed by atoms with E-state index in [2.05, 4.69) is 19.2 Å². The highest BCUT2D eigenvalue weighted by atomic mass is 19.1. The van der Waals surface area contributed by atoms with Crippen LogP contribution >= 0.6 is 0 Å². The van der Waals surface area contributed by atoms with E-state index in [1.54, 1.807) is 0 Å². The van der Waals surface area contributed by atoms with E-state index < -0.39 is 5.82 Å². The predicted molar refractivity (Wildman–Crippen MR) is 75.5 cm³/mol. The molecule has 0 amide bonds. The van der Waals surface area contributed by atoms with E-state index in [1.807, 2.05) is 0 Å². The lowest BCUT2D eigenvalue weighted by molar-refractivity contribution is 0.0769. The summed E-state index contributed by atoms with van der Waals surface area (Å²) in [6.07, 6.45) is 2.85. The second-order valence-electron chi connectivity index (χ2n) is 5.37. The van der Waals surface area contributed by atoms with Crippen LogP contribution in [0.15, 0.2) is 18.2 Å². The fraction of sp³-hybridized carbons (Fsp3) is 0.625. The summed E-state index contributed by atoms with van der Waals surface area (Å²) in [6.45, 7) is 5.62. The second kappa shape index (κ2) is 7.14. The molecule has 0 saturated carbocycles. The molecule has 0 aromatic heterocycles. The molecule has 1 saturated heterocycles. The molecule has 0 bridgehead atoms. The molecule has 1 aliphatic heterocycles. The van der Waals surface area contributed by atoms with Gasteiger partial charge in [0.25, 0.3) is 0 Å². The van der Waals surface area contributed by atoms with Crippen LogP contribution in [0.1, 0.15) is 44.7 Å². The quantitative estimate of drug-likeness (QED) is 0.857. The van der Waals surface area contributed by atoms with Gasteiger partial charge < -0.3 is 10.1 Å². The number of rotatable bonds is 6. The van der Waals surface area contributed by atoms with Crippen LogP contribution in [-0.4, -0.2) is 19.3 Å². The maximum atomic E-state index is 14.1. The van der Waals surface area contributed by atoms with Crippen LogP contribution in [-0.2, 0) is 4.74 Å². The van der Waals surface area contributed by atoms with Crippen molar-refractivity contribution in [2.45, 2.75) is 45.3 Å². The summed E-state index contributed by atoms with van der Waals surface area (Å²) in [5, 5.41) is 3.37. The average molecular weight is 283 g/mol. The molecule has 3 atom stereocenters. The van der Waals surface area contributed by atoms with Crippen molar-refractivity contribution in [3.05, 3.63) is 35.4 Å². The summed E-state index contributed by atoms with van der Waals surface area (Å²) in [7, 11) is 0. The van der Waals surface area contributed by atoms with E-state index in [0.29, 0.717) is 12.2 Å². The highest BCUT2D eigenvalue weighted by Crippen LogP contribution is 2.36. The maximum Gasteiger partial charge on any atom is 0.128 e. The number of hydrogen-bond donors (Lipinski definition) is 1. The van der Waals surface area contributed by atoms with Gasteiger partial charge in [-0.05, 0) is 44.0 Å². The molecule has 2 rings (SSSR count). The molecule has 1 aromatic rings. The van der Waals surface area contributed by atoms with Crippen LogP contribution in [0, 0.1) is 17.6 Å². The minimum absolute atomic E-state index is 0.118. The van der Waals surface area contributed by atoms with Crippen molar-refractivity contribution in [3.8, 4) is 0 Å². The number of ether oxygens (including phenoxy) is 1. The van der Waals surface area contributed by atoms with Crippen LogP contribution in [0.3, 0.4) is 0 Å². The van der Waals surface area contributed by atoms with Gasteiger partial charge in [0.1, 0.15) is 11.6 Å². The van der Waals surface area contributed by atoms with Gasteiger partial charge in [-0.25, -0.2) is 8.78 Å². The van der Waals surface area contributed by atoms with Gasteiger partial charge in [0.15, 0.2) is 0 Å². The molecule has 1 N–H and O–H groups in total. The third-order valence-corrected chi connectivity index (χ3v) is 4.00. The Hall–Kier alpha value is -1.00. The van der Waals surface area contributed by atoms with Crippen LogP contribution in [0.5, 0.6) is 0 Å². The summed E-state index contributed by atoms with van der Waals surface area (Å²) in [5.41, 5.74) is 0.424. The fourth-order valence-corrected chi connectivity index (χ4v) is 3.01. The van der Waals surface area contributed by atoms with E-state index in [9.17, 15) is 8.78 Å². The van der Waals surface area contributed by atoms with Crippen LogP contribution in [0.25, 0.3) is 0 Å². The predicted octanol–water partition coefficient (Wildman–Crippen LogP) is 3.82. The summed E-state index contributed by atoms with van der Waals surface area (Å²) in [6, 6.07) is 3.51. The van der Waals surface area contributed by atoms with E-state index in [-0.39, 0.29) is 23.9 Å². The van der Waals surface area contributed by atoms with E-state index in [4.69, 9.17) is 4.74 Å². The van der Waals surface area contributed by atoms with Crippen LogP contribution in [0.2, 0.25) is 0 Å². The Balaban J connectivity index is 2.28. The first kappa shape index (κ1) is 15.4. The van der Waals surface area contributed by atoms with Crippen molar-refractivity contribution in [1.82, 2.24) is 5.32 Å². The van der Waals surface area contributed by atoms with Gasteiger partial charge in [-0.3, -0.25) is 0 Å². The molecule has 0 radical (unpaired) electrons. The Morgan fingerprint density at radius 1 is 1.35 bits per heavy atom. The van der Waals surface area contributed by atoms with Gasteiger partial charge in [-0.15, -0.1) is 0 Å². The maximum absolute atomic E-state index is 14.1. The first-order chi connectivity index (χ1) is 9.67. The zero-order valence-electron chi connectivity index (χ0n) is 12.2. The Morgan fingerprint density at radius 2 is 2.15 bits per heavy atom. The molecule has 3 unspecified atom stereocenters. The first-order valence-corrected chi connectivity index (χ1v) is 7.47.